The monoisotopic (exact) mass is 182 g/mol. The van der Waals surface area contributed by atoms with Gasteiger partial charge in [-0.25, -0.2) is 4.79 Å². The Balaban J connectivity index is 2.19. The van der Waals surface area contributed by atoms with Crippen LogP contribution >= 0.6 is 0 Å². The van der Waals surface area contributed by atoms with E-state index in [-0.39, 0.29) is 18.3 Å². The van der Waals surface area contributed by atoms with Crippen molar-refractivity contribution in [3.8, 4) is 0 Å². The molecule has 0 bridgehead atoms. The highest BCUT2D eigenvalue weighted by atomic mass is 16.6. The Morgan fingerprint density at radius 1 is 1.62 bits per heavy atom. The molecule has 0 N–H and O–H groups in total. The average Bonchev–Trinajstić information content (AvgIpc) is 2.50. The van der Waals surface area contributed by atoms with Crippen LogP contribution in [0.1, 0.15) is 19.3 Å². The smallest absolute Gasteiger partial charge is 0.410 e. The molecule has 1 amide bonds. The van der Waals surface area contributed by atoms with Crippen molar-refractivity contribution in [1.82, 2.24) is 4.90 Å². The van der Waals surface area contributed by atoms with Crippen LogP contribution in [-0.2, 0) is 4.74 Å². The highest BCUT2D eigenvalue weighted by Gasteiger charge is 2.40. The van der Waals surface area contributed by atoms with E-state index in [0.717, 1.165) is 19.3 Å². The molecule has 0 aromatic carbocycles. The zero-order valence-corrected chi connectivity index (χ0v) is 7.09. The lowest BCUT2D eigenvalue weighted by Gasteiger charge is -2.31. The number of fused-ring (bicyclic) bond motifs is 1. The zero-order valence-electron chi connectivity index (χ0n) is 7.09. The number of carbonyl (C=O) groups excluding carboxylic acids is 1. The number of nitrogens with zero attached hydrogens (tertiary/aromatic N) is 4. The number of hydrogen-bond donors (Lipinski definition) is 0. The highest BCUT2D eigenvalue weighted by molar-refractivity contribution is 5.70. The lowest BCUT2D eigenvalue weighted by Crippen LogP contribution is -2.44. The number of carbonyl (C=O) groups is 1. The van der Waals surface area contributed by atoms with Crippen molar-refractivity contribution in [2.45, 2.75) is 31.5 Å². The van der Waals surface area contributed by atoms with Gasteiger partial charge in [0.15, 0.2) is 0 Å². The Morgan fingerprint density at radius 2 is 2.46 bits per heavy atom. The van der Waals surface area contributed by atoms with Crippen molar-refractivity contribution < 1.29 is 9.53 Å². The van der Waals surface area contributed by atoms with Gasteiger partial charge in [-0.15, -0.1) is 0 Å². The predicted molar refractivity (Wildman–Crippen MR) is 43.8 cm³/mol. The molecule has 0 aliphatic carbocycles. The first-order valence-electron chi connectivity index (χ1n) is 4.32. The molecular weight excluding hydrogens is 172 g/mol. The van der Waals surface area contributed by atoms with Crippen molar-refractivity contribution in [2.75, 3.05) is 6.61 Å². The Kier molecular flexibility index (Phi) is 1.98. The SMILES string of the molecule is [N-]=[N+]=N[C@@H]1CCC[C@H]2COC(=O)N21. The summed E-state index contributed by atoms with van der Waals surface area (Å²) in [7, 11) is 0. The lowest BCUT2D eigenvalue weighted by molar-refractivity contribution is 0.130. The third kappa shape index (κ3) is 1.29. The van der Waals surface area contributed by atoms with Crippen molar-refractivity contribution in [2.24, 2.45) is 5.11 Å². The van der Waals surface area contributed by atoms with Gasteiger partial charge in [0.1, 0.15) is 12.8 Å². The summed E-state index contributed by atoms with van der Waals surface area (Å²) >= 11 is 0. The second kappa shape index (κ2) is 3.14. The summed E-state index contributed by atoms with van der Waals surface area (Å²) in [5.41, 5.74) is 8.30. The third-order valence-electron chi connectivity index (χ3n) is 2.51. The maximum absolute atomic E-state index is 11.2. The molecule has 2 aliphatic rings. The summed E-state index contributed by atoms with van der Waals surface area (Å²) in [5, 5.41) is 3.58. The van der Waals surface area contributed by atoms with Gasteiger partial charge in [-0.2, -0.15) is 0 Å². The van der Waals surface area contributed by atoms with Gasteiger partial charge >= 0.3 is 6.09 Å². The second-order valence-electron chi connectivity index (χ2n) is 3.25. The van der Waals surface area contributed by atoms with Crippen molar-refractivity contribution in [1.29, 1.82) is 0 Å². The maximum Gasteiger partial charge on any atom is 0.410 e. The summed E-state index contributed by atoms with van der Waals surface area (Å²) in [6.07, 6.45) is 2.00. The minimum absolute atomic E-state index is 0.122. The first-order valence-corrected chi connectivity index (χ1v) is 4.32. The minimum atomic E-state index is -0.345. The van der Waals surface area contributed by atoms with Gasteiger partial charge in [-0.05, 0) is 24.8 Å². The van der Waals surface area contributed by atoms with Crippen molar-refractivity contribution in [3.63, 3.8) is 0 Å². The molecule has 0 radical (unpaired) electrons. The molecule has 0 spiro atoms. The van der Waals surface area contributed by atoms with E-state index in [2.05, 4.69) is 10.0 Å². The van der Waals surface area contributed by atoms with Gasteiger partial charge in [0.05, 0.1) is 6.04 Å². The molecule has 13 heavy (non-hydrogen) atoms. The van der Waals surface area contributed by atoms with Crippen LogP contribution in [0.15, 0.2) is 5.11 Å². The molecule has 2 heterocycles. The molecule has 2 rings (SSSR count). The quantitative estimate of drug-likeness (QED) is 0.351. The minimum Gasteiger partial charge on any atom is -0.447 e. The normalized spacial score (nSPS) is 32.0. The fourth-order valence-electron chi connectivity index (χ4n) is 1.91. The standard InChI is InChI=1S/C7H10N4O2/c8-10-9-6-3-1-2-5-4-13-7(12)11(5)6/h5-6H,1-4H2/t5-,6-/m0/s1. The van der Waals surface area contributed by atoms with E-state index in [4.69, 9.17) is 10.3 Å². The predicted octanol–water partition coefficient (Wildman–Crippen LogP) is 1.63. The number of amides is 1. The molecule has 2 aliphatic heterocycles. The summed E-state index contributed by atoms with van der Waals surface area (Å²) < 4.78 is 4.88. The van der Waals surface area contributed by atoms with Crippen LogP contribution in [0.4, 0.5) is 4.79 Å². The molecule has 0 aromatic rings. The average molecular weight is 182 g/mol. The first-order chi connectivity index (χ1) is 6.33. The van der Waals surface area contributed by atoms with Crippen LogP contribution in [0, 0.1) is 0 Å². The zero-order chi connectivity index (χ0) is 9.26. The van der Waals surface area contributed by atoms with E-state index >= 15 is 0 Å². The Bertz CT molecular complexity index is 274. The molecule has 2 fully saturated rings. The Labute approximate surface area is 75.1 Å². The number of rotatable bonds is 1. The van der Waals surface area contributed by atoms with Crippen LogP contribution in [0.25, 0.3) is 10.4 Å². The van der Waals surface area contributed by atoms with E-state index in [1.54, 1.807) is 4.90 Å². The molecule has 2 saturated heterocycles. The third-order valence-corrected chi connectivity index (χ3v) is 2.51. The van der Waals surface area contributed by atoms with Crippen molar-refractivity contribution in [3.05, 3.63) is 10.4 Å². The lowest BCUT2D eigenvalue weighted by atomic mass is 10.0. The fourth-order valence-corrected chi connectivity index (χ4v) is 1.91. The molecule has 0 aromatic heterocycles. The molecule has 70 valence electrons. The van der Waals surface area contributed by atoms with E-state index in [1.807, 2.05) is 0 Å². The first kappa shape index (κ1) is 8.19. The number of hydrogen-bond acceptors (Lipinski definition) is 3. The van der Waals surface area contributed by atoms with E-state index in [1.165, 1.54) is 0 Å². The fraction of sp³-hybridized carbons (Fsp3) is 0.857. The summed E-state index contributed by atoms with van der Waals surface area (Å²) in [6, 6.07) is 0.122. The number of azide groups is 1. The van der Waals surface area contributed by atoms with Gasteiger partial charge < -0.3 is 4.74 Å². The van der Waals surface area contributed by atoms with Crippen LogP contribution in [-0.4, -0.2) is 29.8 Å². The van der Waals surface area contributed by atoms with Gasteiger partial charge in [-0.3, -0.25) is 4.90 Å². The van der Waals surface area contributed by atoms with Crippen LogP contribution in [0.5, 0.6) is 0 Å². The van der Waals surface area contributed by atoms with Gasteiger partial charge in [0, 0.05) is 4.91 Å². The largest absolute Gasteiger partial charge is 0.447 e. The van der Waals surface area contributed by atoms with E-state index in [0.29, 0.717) is 6.61 Å². The maximum atomic E-state index is 11.2. The Morgan fingerprint density at radius 3 is 3.23 bits per heavy atom. The van der Waals surface area contributed by atoms with Crippen LogP contribution in [0.3, 0.4) is 0 Å². The topological polar surface area (TPSA) is 78.3 Å². The summed E-state index contributed by atoms with van der Waals surface area (Å²) in [4.78, 5) is 15.5. The van der Waals surface area contributed by atoms with Crippen LogP contribution in [0.2, 0.25) is 0 Å². The molecule has 0 saturated carbocycles. The summed E-state index contributed by atoms with van der Waals surface area (Å²) in [5.74, 6) is 0. The Hall–Kier alpha value is -1.42. The second-order valence-corrected chi connectivity index (χ2v) is 3.25. The molecular formula is C7H10N4O2. The van der Waals surface area contributed by atoms with Crippen molar-refractivity contribution >= 4 is 6.09 Å². The van der Waals surface area contributed by atoms with Gasteiger partial charge in [-0.1, -0.05) is 5.11 Å². The molecule has 0 unspecified atom stereocenters. The number of cyclic esters (lactones) is 1. The summed E-state index contributed by atoms with van der Waals surface area (Å²) in [6.45, 7) is 0.441. The molecule has 6 nitrogen and oxygen atoms in total. The van der Waals surface area contributed by atoms with E-state index < -0.39 is 0 Å². The number of piperidine rings is 1. The van der Waals surface area contributed by atoms with Crippen LogP contribution < -0.4 is 0 Å². The van der Waals surface area contributed by atoms with Gasteiger partial charge in [0.25, 0.3) is 0 Å². The van der Waals surface area contributed by atoms with Gasteiger partial charge in [0.2, 0.25) is 0 Å². The molecule has 6 heteroatoms. The molecule has 2 atom stereocenters. The highest BCUT2D eigenvalue weighted by Crippen LogP contribution is 2.28. The van der Waals surface area contributed by atoms with E-state index in [9.17, 15) is 4.79 Å². The number of ether oxygens (including phenoxy) is 1.